The van der Waals surface area contributed by atoms with Crippen LogP contribution in [-0.2, 0) is 0 Å². The molecule has 0 aliphatic heterocycles. The normalized spacial score (nSPS) is 22.2. The molecule has 4 nitrogen and oxygen atoms in total. The molecule has 1 fully saturated rings. The van der Waals surface area contributed by atoms with E-state index in [4.69, 9.17) is 5.73 Å². The number of hydrogen-bond acceptors (Lipinski definition) is 4. The SMILES string of the molecule is CN(CC1CC(O)C1)c1ccc2cc(N)ccc2n1. The molecule has 1 aliphatic rings. The Morgan fingerprint density at radius 3 is 2.84 bits per heavy atom. The zero-order chi connectivity index (χ0) is 13.4. The van der Waals surface area contributed by atoms with Gasteiger partial charge in [-0.25, -0.2) is 4.98 Å². The fraction of sp³-hybridized carbons (Fsp3) is 0.400. The van der Waals surface area contributed by atoms with E-state index in [0.29, 0.717) is 5.92 Å². The number of hydrogen-bond donors (Lipinski definition) is 2. The summed E-state index contributed by atoms with van der Waals surface area (Å²) in [5.41, 5.74) is 7.49. The predicted molar refractivity (Wildman–Crippen MR) is 78.2 cm³/mol. The molecule has 1 heterocycles. The molecule has 0 spiro atoms. The number of rotatable bonds is 3. The molecular weight excluding hydrogens is 238 g/mol. The second-order valence-electron chi connectivity index (χ2n) is 5.49. The number of aromatic nitrogens is 1. The van der Waals surface area contributed by atoms with Gasteiger partial charge in [0.05, 0.1) is 11.6 Å². The van der Waals surface area contributed by atoms with Crippen LogP contribution in [0, 0.1) is 5.92 Å². The van der Waals surface area contributed by atoms with Crippen molar-refractivity contribution in [2.75, 3.05) is 24.2 Å². The highest BCUT2D eigenvalue weighted by atomic mass is 16.3. The number of nitrogens with zero attached hydrogens (tertiary/aromatic N) is 2. The van der Waals surface area contributed by atoms with Crippen molar-refractivity contribution in [2.24, 2.45) is 5.92 Å². The topological polar surface area (TPSA) is 62.4 Å². The molecule has 1 aliphatic carbocycles. The van der Waals surface area contributed by atoms with Gasteiger partial charge in [-0.1, -0.05) is 0 Å². The van der Waals surface area contributed by atoms with Crippen LogP contribution in [-0.4, -0.2) is 29.8 Å². The molecule has 2 aromatic rings. The van der Waals surface area contributed by atoms with E-state index >= 15 is 0 Å². The Hall–Kier alpha value is -1.81. The number of aliphatic hydroxyl groups is 1. The molecule has 1 aromatic carbocycles. The maximum atomic E-state index is 9.32. The average molecular weight is 257 g/mol. The quantitative estimate of drug-likeness (QED) is 0.826. The number of pyridine rings is 1. The Kier molecular flexibility index (Phi) is 3.03. The van der Waals surface area contributed by atoms with Gasteiger partial charge < -0.3 is 15.7 Å². The first-order valence-electron chi connectivity index (χ1n) is 6.67. The molecule has 0 atom stereocenters. The van der Waals surface area contributed by atoms with Crippen molar-refractivity contribution in [2.45, 2.75) is 18.9 Å². The van der Waals surface area contributed by atoms with Crippen LogP contribution in [0.5, 0.6) is 0 Å². The van der Waals surface area contributed by atoms with Crippen LogP contribution in [0.15, 0.2) is 30.3 Å². The van der Waals surface area contributed by atoms with Gasteiger partial charge in [0.15, 0.2) is 0 Å². The van der Waals surface area contributed by atoms with Crippen molar-refractivity contribution in [1.82, 2.24) is 4.98 Å². The Bertz CT molecular complexity index is 593. The van der Waals surface area contributed by atoms with E-state index in [2.05, 4.69) is 23.0 Å². The van der Waals surface area contributed by atoms with E-state index in [1.165, 1.54) is 0 Å². The summed E-state index contributed by atoms with van der Waals surface area (Å²) in [5, 5.41) is 10.4. The van der Waals surface area contributed by atoms with Crippen molar-refractivity contribution in [3.8, 4) is 0 Å². The van der Waals surface area contributed by atoms with Crippen LogP contribution in [0.25, 0.3) is 10.9 Å². The Balaban J connectivity index is 1.78. The van der Waals surface area contributed by atoms with Gasteiger partial charge in [-0.05, 0) is 49.1 Å². The molecule has 0 amide bonds. The summed E-state index contributed by atoms with van der Waals surface area (Å²) in [6.45, 7) is 0.949. The standard InChI is InChI=1S/C15H19N3O/c1-18(9-10-6-13(19)7-10)15-5-2-11-8-12(16)3-4-14(11)17-15/h2-5,8,10,13,19H,6-7,9,16H2,1H3. The summed E-state index contributed by atoms with van der Waals surface area (Å²) in [6.07, 6.45) is 1.73. The molecule has 100 valence electrons. The Morgan fingerprint density at radius 2 is 2.11 bits per heavy atom. The van der Waals surface area contributed by atoms with Crippen LogP contribution in [0.4, 0.5) is 11.5 Å². The van der Waals surface area contributed by atoms with E-state index in [-0.39, 0.29) is 6.10 Å². The maximum Gasteiger partial charge on any atom is 0.128 e. The molecule has 1 saturated carbocycles. The lowest BCUT2D eigenvalue weighted by atomic mass is 9.82. The van der Waals surface area contributed by atoms with E-state index in [0.717, 1.165) is 41.8 Å². The van der Waals surface area contributed by atoms with E-state index in [1.54, 1.807) is 0 Å². The highest BCUT2D eigenvalue weighted by molar-refractivity contribution is 5.83. The third-order valence-corrected chi connectivity index (χ3v) is 3.83. The molecule has 4 heteroatoms. The van der Waals surface area contributed by atoms with E-state index in [1.807, 2.05) is 24.3 Å². The molecule has 0 saturated heterocycles. The maximum absolute atomic E-state index is 9.32. The van der Waals surface area contributed by atoms with Gasteiger partial charge >= 0.3 is 0 Å². The van der Waals surface area contributed by atoms with Crippen molar-refractivity contribution < 1.29 is 5.11 Å². The number of fused-ring (bicyclic) bond motifs is 1. The Labute approximate surface area is 112 Å². The number of nitrogen functional groups attached to an aromatic ring is 1. The number of aliphatic hydroxyl groups excluding tert-OH is 1. The van der Waals surface area contributed by atoms with Crippen LogP contribution < -0.4 is 10.6 Å². The highest BCUT2D eigenvalue weighted by Gasteiger charge is 2.28. The first-order valence-corrected chi connectivity index (χ1v) is 6.67. The average Bonchev–Trinajstić information content (AvgIpc) is 2.36. The lowest BCUT2D eigenvalue weighted by Crippen LogP contribution is -2.37. The molecular formula is C15H19N3O. The predicted octanol–water partition coefficient (Wildman–Crippen LogP) is 2.02. The third-order valence-electron chi connectivity index (χ3n) is 3.83. The summed E-state index contributed by atoms with van der Waals surface area (Å²) in [4.78, 5) is 6.81. The van der Waals surface area contributed by atoms with Gasteiger partial charge in [0, 0.05) is 24.7 Å². The minimum atomic E-state index is -0.0917. The minimum absolute atomic E-state index is 0.0917. The van der Waals surface area contributed by atoms with Gasteiger partial charge in [-0.3, -0.25) is 0 Å². The lowest BCUT2D eigenvalue weighted by Gasteiger charge is -2.34. The van der Waals surface area contributed by atoms with Crippen LogP contribution in [0.3, 0.4) is 0 Å². The second kappa shape index (κ2) is 4.70. The largest absolute Gasteiger partial charge is 0.399 e. The molecule has 1 aromatic heterocycles. The fourth-order valence-corrected chi connectivity index (χ4v) is 2.68. The molecule has 19 heavy (non-hydrogen) atoms. The summed E-state index contributed by atoms with van der Waals surface area (Å²) in [7, 11) is 2.05. The van der Waals surface area contributed by atoms with Gasteiger partial charge in [0.25, 0.3) is 0 Å². The Morgan fingerprint density at radius 1 is 1.32 bits per heavy atom. The zero-order valence-electron chi connectivity index (χ0n) is 11.1. The smallest absolute Gasteiger partial charge is 0.128 e. The van der Waals surface area contributed by atoms with Gasteiger partial charge in [0.1, 0.15) is 5.82 Å². The van der Waals surface area contributed by atoms with E-state index in [9.17, 15) is 5.11 Å². The fourth-order valence-electron chi connectivity index (χ4n) is 2.68. The van der Waals surface area contributed by atoms with Gasteiger partial charge in [-0.15, -0.1) is 0 Å². The van der Waals surface area contributed by atoms with E-state index < -0.39 is 0 Å². The summed E-state index contributed by atoms with van der Waals surface area (Å²) >= 11 is 0. The molecule has 0 unspecified atom stereocenters. The van der Waals surface area contributed by atoms with Gasteiger partial charge in [-0.2, -0.15) is 0 Å². The summed E-state index contributed by atoms with van der Waals surface area (Å²) in [6, 6.07) is 9.85. The van der Waals surface area contributed by atoms with Crippen molar-refractivity contribution in [3.05, 3.63) is 30.3 Å². The molecule has 0 bridgehead atoms. The monoisotopic (exact) mass is 257 g/mol. The number of anilines is 2. The van der Waals surface area contributed by atoms with Crippen molar-refractivity contribution >= 4 is 22.4 Å². The summed E-state index contributed by atoms with van der Waals surface area (Å²) in [5.74, 6) is 1.56. The van der Waals surface area contributed by atoms with Crippen LogP contribution >= 0.6 is 0 Å². The molecule has 3 N–H and O–H groups in total. The number of nitrogens with two attached hydrogens (primary N) is 1. The van der Waals surface area contributed by atoms with Gasteiger partial charge in [0.2, 0.25) is 0 Å². The molecule has 0 radical (unpaired) electrons. The van der Waals surface area contributed by atoms with Crippen LogP contribution in [0.1, 0.15) is 12.8 Å². The minimum Gasteiger partial charge on any atom is -0.399 e. The summed E-state index contributed by atoms with van der Waals surface area (Å²) < 4.78 is 0. The highest BCUT2D eigenvalue weighted by Crippen LogP contribution is 2.29. The van der Waals surface area contributed by atoms with Crippen molar-refractivity contribution in [3.63, 3.8) is 0 Å². The zero-order valence-corrected chi connectivity index (χ0v) is 11.1. The lowest BCUT2D eigenvalue weighted by molar-refractivity contribution is 0.0464. The van der Waals surface area contributed by atoms with Crippen LogP contribution in [0.2, 0.25) is 0 Å². The second-order valence-corrected chi connectivity index (χ2v) is 5.49. The van der Waals surface area contributed by atoms with Crippen molar-refractivity contribution in [1.29, 1.82) is 0 Å². The molecule has 3 rings (SSSR count). The third kappa shape index (κ3) is 2.49. The number of benzene rings is 1. The first kappa shape index (κ1) is 12.2. The first-order chi connectivity index (χ1) is 9.11.